The molecular weight excluding hydrogens is 198 g/mol. The van der Waals surface area contributed by atoms with E-state index in [1.807, 2.05) is 0 Å². The average molecular weight is 227 g/mol. The minimum Gasteiger partial charge on any atom is -0.317 e. The molecule has 0 bridgehead atoms. The van der Waals surface area contributed by atoms with Crippen LogP contribution in [0, 0.1) is 5.92 Å². The maximum Gasteiger partial charge on any atom is 0.0217 e. The normalized spacial score (nSPS) is 24.9. The van der Waals surface area contributed by atoms with Gasteiger partial charge in [-0.1, -0.05) is 13.8 Å². The van der Waals surface area contributed by atoms with Crippen LogP contribution in [0.2, 0.25) is 0 Å². The quantitative estimate of drug-likeness (QED) is 0.737. The Labute approximate surface area is 101 Å². The van der Waals surface area contributed by atoms with E-state index in [-0.39, 0.29) is 0 Å². The van der Waals surface area contributed by atoms with Gasteiger partial charge in [0.15, 0.2) is 0 Å². The van der Waals surface area contributed by atoms with Gasteiger partial charge in [0.1, 0.15) is 0 Å². The van der Waals surface area contributed by atoms with Gasteiger partial charge in [0.2, 0.25) is 0 Å². The molecule has 2 atom stereocenters. The third-order valence-corrected chi connectivity index (χ3v) is 3.52. The molecule has 0 aromatic carbocycles. The van der Waals surface area contributed by atoms with E-state index in [2.05, 4.69) is 43.1 Å². The molecule has 0 saturated carbocycles. The predicted molar refractivity (Wildman–Crippen MR) is 70.9 cm³/mol. The van der Waals surface area contributed by atoms with Gasteiger partial charge >= 0.3 is 0 Å². The fraction of sp³-hybridized carbons (Fsp3) is 1.00. The van der Waals surface area contributed by atoms with Crippen molar-refractivity contribution in [3.8, 4) is 0 Å². The molecule has 1 rings (SSSR count). The second kappa shape index (κ2) is 7.25. The van der Waals surface area contributed by atoms with Gasteiger partial charge in [-0.05, 0) is 52.5 Å². The molecule has 0 aromatic rings. The summed E-state index contributed by atoms with van der Waals surface area (Å²) in [5.74, 6) is 0.765. The Hall–Kier alpha value is -0.120. The zero-order valence-electron chi connectivity index (χ0n) is 11.5. The monoisotopic (exact) mass is 227 g/mol. The molecule has 1 aliphatic rings. The highest BCUT2D eigenvalue weighted by Gasteiger charge is 2.22. The van der Waals surface area contributed by atoms with Gasteiger partial charge in [-0.15, -0.1) is 0 Å². The maximum absolute atomic E-state index is 3.43. The zero-order valence-corrected chi connectivity index (χ0v) is 11.5. The van der Waals surface area contributed by atoms with Crippen LogP contribution in [0.5, 0.6) is 0 Å². The largest absolute Gasteiger partial charge is 0.317 e. The number of nitrogens with zero attached hydrogens (tertiary/aromatic N) is 2. The fourth-order valence-electron chi connectivity index (χ4n) is 2.51. The number of likely N-dealkylation sites (tertiary alicyclic amines) is 1. The molecule has 0 aromatic heterocycles. The summed E-state index contributed by atoms with van der Waals surface area (Å²) >= 11 is 0. The number of piperidine rings is 1. The number of rotatable bonds is 6. The van der Waals surface area contributed by atoms with Gasteiger partial charge < -0.3 is 15.1 Å². The van der Waals surface area contributed by atoms with Crippen LogP contribution in [-0.4, -0.2) is 62.7 Å². The Balaban J connectivity index is 2.25. The van der Waals surface area contributed by atoms with E-state index < -0.39 is 0 Å². The van der Waals surface area contributed by atoms with Crippen LogP contribution in [0.15, 0.2) is 0 Å². The van der Waals surface area contributed by atoms with Crippen molar-refractivity contribution in [3.63, 3.8) is 0 Å². The van der Waals surface area contributed by atoms with Crippen molar-refractivity contribution in [1.29, 1.82) is 0 Å². The SMILES string of the molecule is CCNCC(C)CN1CCCC(N(C)C)C1. The predicted octanol–water partition coefficient (Wildman–Crippen LogP) is 1.26. The van der Waals surface area contributed by atoms with Crippen LogP contribution in [0.3, 0.4) is 0 Å². The first kappa shape index (κ1) is 13.9. The average Bonchev–Trinajstić information content (AvgIpc) is 2.26. The van der Waals surface area contributed by atoms with Crippen LogP contribution in [0.25, 0.3) is 0 Å². The smallest absolute Gasteiger partial charge is 0.0217 e. The minimum atomic E-state index is 0.764. The maximum atomic E-state index is 3.43. The van der Waals surface area contributed by atoms with Crippen molar-refractivity contribution in [2.45, 2.75) is 32.7 Å². The first-order valence-corrected chi connectivity index (χ1v) is 6.73. The number of likely N-dealkylation sites (N-methyl/N-ethyl adjacent to an activating group) is 1. The molecule has 16 heavy (non-hydrogen) atoms. The standard InChI is InChI=1S/C13H29N3/c1-5-14-9-12(2)10-16-8-6-7-13(11-16)15(3)4/h12-14H,5-11H2,1-4H3. The van der Waals surface area contributed by atoms with Crippen LogP contribution >= 0.6 is 0 Å². The summed E-state index contributed by atoms with van der Waals surface area (Å²) < 4.78 is 0. The van der Waals surface area contributed by atoms with Crippen LogP contribution in [0.4, 0.5) is 0 Å². The van der Waals surface area contributed by atoms with E-state index in [4.69, 9.17) is 0 Å². The molecular formula is C13H29N3. The molecule has 1 saturated heterocycles. The lowest BCUT2D eigenvalue weighted by Crippen LogP contribution is -2.47. The summed E-state index contributed by atoms with van der Waals surface area (Å²) in [5.41, 5.74) is 0. The Bertz CT molecular complexity index is 182. The van der Waals surface area contributed by atoms with Gasteiger partial charge in [-0.3, -0.25) is 0 Å². The van der Waals surface area contributed by atoms with Gasteiger partial charge in [-0.2, -0.15) is 0 Å². The Morgan fingerprint density at radius 2 is 2.19 bits per heavy atom. The Kier molecular flexibility index (Phi) is 6.32. The van der Waals surface area contributed by atoms with Crippen molar-refractivity contribution in [1.82, 2.24) is 15.1 Å². The van der Waals surface area contributed by atoms with Gasteiger partial charge in [0.25, 0.3) is 0 Å². The molecule has 3 nitrogen and oxygen atoms in total. The van der Waals surface area contributed by atoms with E-state index in [9.17, 15) is 0 Å². The minimum absolute atomic E-state index is 0.764. The van der Waals surface area contributed by atoms with Crippen molar-refractivity contribution >= 4 is 0 Å². The lowest BCUT2D eigenvalue weighted by molar-refractivity contribution is 0.120. The first-order valence-electron chi connectivity index (χ1n) is 6.73. The van der Waals surface area contributed by atoms with Crippen LogP contribution in [-0.2, 0) is 0 Å². The first-order chi connectivity index (χ1) is 7.63. The molecule has 1 aliphatic heterocycles. The number of hydrogen-bond acceptors (Lipinski definition) is 3. The van der Waals surface area contributed by atoms with Crippen LogP contribution < -0.4 is 5.32 Å². The van der Waals surface area contributed by atoms with E-state index in [1.54, 1.807) is 0 Å². The highest BCUT2D eigenvalue weighted by Crippen LogP contribution is 2.14. The molecule has 3 heteroatoms. The van der Waals surface area contributed by atoms with Crippen molar-refractivity contribution < 1.29 is 0 Å². The van der Waals surface area contributed by atoms with Gasteiger partial charge in [0, 0.05) is 19.1 Å². The van der Waals surface area contributed by atoms with Crippen molar-refractivity contribution in [2.24, 2.45) is 5.92 Å². The molecule has 2 unspecified atom stereocenters. The van der Waals surface area contributed by atoms with E-state index in [0.29, 0.717) is 0 Å². The molecule has 0 radical (unpaired) electrons. The number of nitrogens with one attached hydrogen (secondary N) is 1. The topological polar surface area (TPSA) is 18.5 Å². The van der Waals surface area contributed by atoms with Gasteiger partial charge in [0.05, 0.1) is 0 Å². The summed E-state index contributed by atoms with van der Waals surface area (Å²) in [6.45, 7) is 10.6. The molecule has 1 N–H and O–H groups in total. The summed E-state index contributed by atoms with van der Waals surface area (Å²) in [4.78, 5) is 5.01. The van der Waals surface area contributed by atoms with E-state index >= 15 is 0 Å². The summed E-state index contributed by atoms with van der Waals surface area (Å²) in [5, 5.41) is 3.43. The Morgan fingerprint density at radius 1 is 1.44 bits per heavy atom. The second-order valence-electron chi connectivity index (χ2n) is 5.43. The third-order valence-electron chi connectivity index (χ3n) is 3.52. The summed E-state index contributed by atoms with van der Waals surface area (Å²) in [7, 11) is 4.41. The summed E-state index contributed by atoms with van der Waals surface area (Å²) in [6, 6.07) is 0.764. The molecule has 0 spiro atoms. The lowest BCUT2D eigenvalue weighted by atomic mass is 10.0. The van der Waals surface area contributed by atoms with E-state index in [1.165, 1.54) is 32.5 Å². The van der Waals surface area contributed by atoms with Crippen molar-refractivity contribution in [2.75, 3.05) is 46.8 Å². The molecule has 1 fully saturated rings. The number of hydrogen-bond donors (Lipinski definition) is 1. The fourth-order valence-corrected chi connectivity index (χ4v) is 2.51. The van der Waals surface area contributed by atoms with Gasteiger partial charge in [-0.25, -0.2) is 0 Å². The van der Waals surface area contributed by atoms with Crippen LogP contribution in [0.1, 0.15) is 26.7 Å². The second-order valence-corrected chi connectivity index (χ2v) is 5.43. The molecule has 0 aliphatic carbocycles. The zero-order chi connectivity index (χ0) is 12.0. The lowest BCUT2D eigenvalue weighted by Gasteiger charge is -2.37. The molecule has 96 valence electrons. The highest BCUT2D eigenvalue weighted by atomic mass is 15.2. The third kappa shape index (κ3) is 4.81. The summed E-state index contributed by atoms with van der Waals surface area (Å²) in [6.07, 6.45) is 2.72. The van der Waals surface area contributed by atoms with Crippen molar-refractivity contribution in [3.05, 3.63) is 0 Å². The molecule has 0 amide bonds. The van der Waals surface area contributed by atoms with E-state index in [0.717, 1.165) is 25.0 Å². The molecule has 1 heterocycles. The Morgan fingerprint density at radius 3 is 2.81 bits per heavy atom. The highest BCUT2D eigenvalue weighted by molar-refractivity contribution is 4.79.